The van der Waals surface area contributed by atoms with E-state index in [1.54, 1.807) is 0 Å². The molecule has 0 aromatic carbocycles. The normalized spacial score (nSPS) is 28.2. The van der Waals surface area contributed by atoms with E-state index in [2.05, 4.69) is 46.2 Å². The van der Waals surface area contributed by atoms with E-state index >= 15 is 0 Å². The molecule has 0 unspecified atom stereocenters. The Kier molecular flexibility index (Phi) is 7.76. The summed E-state index contributed by atoms with van der Waals surface area (Å²) in [5.74, 6) is 1.79. The fourth-order valence-electron chi connectivity index (χ4n) is 5.29. The number of piperidine rings is 1. The Morgan fingerprint density at radius 1 is 0.885 bits per heavy atom. The lowest BCUT2D eigenvalue weighted by molar-refractivity contribution is -0.00398. The van der Waals surface area contributed by atoms with Crippen molar-refractivity contribution < 1.29 is 0 Å². The van der Waals surface area contributed by atoms with Crippen LogP contribution in [0.1, 0.15) is 33.1 Å². The topological polar surface area (TPSA) is 33.8 Å². The lowest BCUT2D eigenvalue weighted by Crippen LogP contribution is -2.58. The summed E-state index contributed by atoms with van der Waals surface area (Å²) in [5.41, 5.74) is 0.696. The first kappa shape index (κ1) is 20.5. The van der Waals surface area contributed by atoms with Gasteiger partial charge >= 0.3 is 0 Å². The molecule has 0 saturated carbocycles. The monoisotopic (exact) mass is 365 g/mol. The van der Waals surface area contributed by atoms with Crippen LogP contribution >= 0.6 is 0 Å². The van der Waals surface area contributed by atoms with Gasteiger partial charge in [0.25, 0.3) is 0 Å². The molecule has 4 aliphatic heterocycles. The minimum Gasteiger partial charge on any atom is -0.317 e. The molecule has 4 heterocycles. The van der Waals surface area contributed by atoms with E-state index < -0.39 is 0 Å². The van der Waals surface area contributed by atoms with Crippen molar-refractivity contribution in [1.29, 1.82) is 0 Å². The number of piperazine rings is 1. The number of nitrogens with zero attached hydrogens (tertiary/aromatic N) is 3. The largest absolute Gasteiger partial charge is 0.317 e. The first-order valence-electron chi connectivity index (χ1n) is 11.1. The van der Waals surface area contributed by atoms with Gasteiger partial charge in [0.2, 0.25) is 0 Å². The third-order valence-electron chi connectivity index (χ3n) is 6.56. The van der Waals surface area contributed by atoms with Gasteiger partial charge in [-0.2, -0.15) is 0 Å². The molecule has 4 fully saturated rings. The standard InChI is InChI=1S/C13H25N3.C8H18N2/c1-15-7-4-13(9-15)10-16(11-13)8-12-2-5-14-6-3-12;1-8(2)7-10-5-3-9-4-6-10/h12,14H,2-11H2,1H3;8-9H,3-7H2,1-2H3. The smallest absolute Gasteiger partial charge is 0.0107 e. The van der Waals surface area contributed by atoms with Gasteiger partial charge in [0, 0.05) is 64.3 Å². The van der Waals surface area contributed by atoms with Crippen molar-refractivity contribution in [2.75, 3.05) is 85.6 Å². The molecule has 26 heavy (non-hydrogen) atoms. The molecular formula is C21H43N5. The first-order chi connectivity index (χ1) is 12.5. The summed E-state index contributed by atoms with van der Waals surface area (Å²) in [6, 6.07) is 0. The summed E-state index contributed by atoms with van der Waals surface area (Å²) in [4.78, 5) is 7.73. The highest BCUT2D eigenvalue weighted by Crippen LogP contribution is 2.39. The zero-order valence-corrected chi connectivity index (χ0v) is 17.6. The highest BCUT2D eigenvalue weighted by Gasteiger charge is 2.46. The van der Waals surface area contributed by atoms with Crippen LogP contribution in [-0.4, -0.2) is 100 Å². The second kappa shape index (κ2) is 9.83. The SMILES string of the molecule is CC(C)CN1CCNCC1.CN1CCC2(C1)CN(CC1CCNCC1)C2. The van der Waals surface area contributed by atoms with Crippen LogP contribution in [0.3, 0.4) is 0 Å². The molecule has 0 bridgehead atoms. The molecule has 4 rings (SSSR count). The van der Waals surface area contributed by atoms with Crippen LogP contribution in [0.4, 0.5) is 0 Å². The molecule has 0 aromatic heterocycles. The quantitative estimate of drug-likeness (QED) is 0.782. The van der Waals surface area contributed by atoms with Gasteiger partial charge in [-0.05, 0) is 57.8 Å². The Morgan fingerprint density at radius 2 is 1.54 bits per heavy atom. The van der Waals surface area contributed by atoms with Gasteiger partial charge in [-0.25, -0.2) is 0 Å². The maximum atomic E-state index is 3.45. The molecule has 0 amide bonds. The summed E-state index contributed by atoms with van der Waals surface area (Å²) >= 11 is 0. The number of hydrogen-bond donors (Lipinski definition) is 2. The lowest BCUT2D eigenvalue weighted by Gasteiger charge is -2.49. The second-order valence-electron chi connectivity index (χ2n) is 9.80. The molecule has 0 atom stereocenters. The van der Waals surface area contributed by atoms with Gasteiger partial charge < -0.3 is 25.3 Å². The molecular weight excluding hydrogens is 322 g/mol. The van der Waals surface area contributed by atoms with E-state index in [1.807, 2.05) is 0 Å². The van der Waals surface area contributed by atoms with Crippen LogP contribution < -0.4 is 10.6 Å². The van der Waals surface area contributed by atoms with E-state index in [0.717, 1.165) is 11.8 Å². The molecule has 5 nitrogen and oxygen atoms in total. The number of likely N-dealkylation sites (tertiary alicyclic amines) is 2. The summed E-state index contributed by atoms with van der Waals surface area (Å²) in [7, 11) is 2.27. The third-order valence-corrected chi connectivity index (χ3v) is 6.56. The molecule has 4 saturated heterocycles. The van der Waals surface area contributed by atoms with Crippen molar-refractivity contribution in [3.8, 4) is 0 Å². The van der Waals surface area contributed by atoms with E-state index in [0.29, 0.717) is 5.41 Å². The molecule has 5 heteroatoms. The van der Waals surface area contributed by atoms with E-state index in [-0.39, 0.29) is 0 Å². The Labute approximate surface area is 161 Å². The van der Waals surface area contributed by atoms with Crippen LogP contribution in [0.5, 0.6) is 0 Å². The molecule has 0 aromatic rings. The maximum absolute atomic E-state index is 3.45. The van der Waals surface area contributed by atoms with Crippen LogP contribution in [0.2, 0.25) is 0 Å². The molecule has 1 spiro atoms. The molecule has 2 N–H and O–H groups in total. The lowest BCUT2D eigenvalue weighted by atomic mass is 9.78. The predicted molar refractivity (Wildman–Crippen MR) is 111 cm³/mol. The van der Waals surface area contributed by atoms with Gasteiger partial charge in [-0.3, -0.25) is 0 Å². The van der Waals surface area contributed by atoms with E-state index in [4.69, 9.17) is 0 Å². The summed E-state index contributed by atoms with van der Waals surface area (Å²) in [6.07, 6.45) is 4.22. The van der Waals surface area contributed by atoms with Crippen molar-refractivity contribution in [3.05, 3.63) is 0 Å². The Morgan fingerprint density at radius 3 is 2.12 bits per heavy atom. The van der Waals surface area contributed by atoms with Crippen LogP contribution in [0.25, 0.3) is 0 Å². The first-order valence-corrected chi connectivity index (χ1v) is 11.1. The predicted octanol–water partition coefficient (Wildman–Crippen LogP) is 1.17. The van der Waals surface area contributed by atoms with Crippen molar-refractivity contribution in [3.63, 3.8) is 0 Å². The summed E-state index contributed by atoms with van der Waals surface area (Å²) in [6.45, 7) is 19.9. The molecule has 0 radical (unpaired) electrons. The Bertz CT molecular complexity index is 392. The average Bonchev–Trinajstić information content (AvgIpc) is 2.98. The molecule has 152 valence electrons. The number of nitrogens with one attached hydrogen (secondary N) is 2. The van der Waals surface area contributed by atoms with Gasteiger partial charge in [-0.15, -0.1) is 0 Å². The van der Waals surface area contributed by atoms with Crippen molar-refractivity contribution in [2.24, 2.45) is 17.3 Å². The summed E-state index contributed by atoms with van der Waals surface area (Å²) < 4.78 is 0. The van der Waals surface area contributed by atoms with Gasteiger partial charge in [-0.1, -0.05) is 13.8 Å². The number of rotatable bonds is 4. The van der Waals surface area contributed by atoms with Crippen molar-refractivity contribution >= 4 is 0 Å². The van der Waals surface area contributed by atoms with Gasteiger partial charge in [0.15, 0.2) is 0 Å². The Balaban J connectivity index is 0.000000170. The van der Waals surface area contributed by atoms with Crippen molar-refractivity contribution in [1.82, 2.24) is 25.3 Å². The van der Waals surface area contributed by atoms with Gasteiger partial charge in [0.05, 0.1) is 0 Å². The third kappa shape index (κ3) is 6.16. The fourth-order valence-corrected chi connectivity index (χ4v) is 5.29. The van der Waals surface area contributed by atoms with E-state index in [1.165, 1.54) is 97.8 Å². The van der Waals surface area contributed by atoms with Gasteiger partial charge in [0.1, 0.15) is 0 Å². The Hall–Kier alpha value is -0.200. The highest BCUT2D eigenvalue weighted by atomic mass is 15.3. The summed E-state index contributed by atoms with van der Waals surface area (Å²) in [5, 5.41) is 6.80. The van der Waals surface area contributed by atoms with Crippen LogP contribution in [-0.2, 0) is 0 Å². The second-order valence-corrected chi connectivity index (χ2v) is 9.80. The minimum absolute atomic E-state index is 0.696. The molecule has 4 aliphatic rings. The zero-order chi connectivity index (χ0) is 18.4. The van der Waals surface area contributed by atoms with Crippen LogP contribution in [0.15, 0.2) is 0 Å². The minimum atomic E-state index is 0.696. The zero-order valence-electron chi connectivity index (χ0n) is 17.6. The highest BCUT2D eigenvalue weighted by molar-refractivity contribution is 5.01. The fraction of sp³-hybridized carbons (Fsp3) is 1.00. The van der Waals surface area contributed by atoms with E-state index in [9.17, 15) is 0 Å². The maximum Gasteiger partial charge on any atom is 0.0107 e. The average molecular weight is 366 g/mol. The number of hydrogen-bond acceptors (Lipinski definition) is 5. The van der Waals surface area contributed by atoms with Crippen LogP contribution in [0, 0.1) is 17.3 Å². The van der Waals surface area contributed by atoms with Crippen molar-refractivity contribution in [2.45, 2.75) is 33.1 Å². The molecule has 0 aliphatic carbocycles.